The number of nitrogens with zero attached hydrogens (tertiary/aromatic N) is 3. The number of pyridine rings is 1. The molecule has 0 bridgehead atoms. The number of nitrogens with two attached hydrogens (primary N) is 1. The average Bonchev–Trinajstić information content (AvgIpc) is 3.28. The molecule has 4 rings (SSSR count). The van der Waals surface area contributed by atoms with Gasteiger partial charge in [-0.3, -0.25) is 19.7 Å². The SMILES string of the molecule is COC(=O)C1C(C)=NC(COCCN)=C(C(=O)OC2(C)CCN(Cc3ccccn3)C2)C1c1ccccc1Cl. The molecule has 0 spiro atoms. The van der Waals surface area contributed by atoms with E-state index in [0.29, 0.717) is 48.0 Å². The van der Waals surface area contributed by atoms with Crippen LogP contribution in [0.1, 0.15) is 37.4 Å². The van der Waals surface area contributed by atoms with Crippen molar-refractivity contribution in [3.05, 3.63) is 76.2 Å². The number of aliphatic imine (C=N–C) groups is 1. The van der Waals surface area contributed by atoms with E-state index >= 15 is 0 Å². The van der Waals surface area contributed by atoms with E-state index in [1.165, 1.54) is 7.11 Å². The molecule has 2 aliphatic heterocycles. The lowest BCUT2D eigenvalue weighted by Gasteiger charge is -2.34. The Kier molecular flexibility index (Phi) is 9.50. The summed E-state index contributed by atoms with van der Waals surface area (Å²) < 4.78 is 17.1. The molecular formula is C29H35ClN4O5. The molecule has 1 fully saturated rings. The zero-order valence-electron chi connectivity index (χ0n) is 22.6. The minimum atomic E-state index is -0.854. The van der Waals surface area contributed by atoms with Crippen LogP contribution in [0.2, 0.25) is 5.02 Å². The number of methoxy groups -OCH3 is 1. The summed E-state index contributed by atoms with van der Waals surface area (Å²) >= 11 is 6.63. The molecule has 1 aromatic carbocycles. The van der Waals surface area contributed by atoms with Gasteiger partial charge in [0.25, 0.3) is 0 Å². The zero-order valence-corrected chi connectivity index (χ0v) is 23.3. The first-order valence-electron chi connectivity index (χ1n) is 13.0. The van der Waals surface area contributed by atoms with Crippen molar-refractivity contribution in [3.8, 4) is 0 Å². The first-order valence-corrected chi connectivity index (χ1v) is 13.4. The van der Waals surface area contributed by atoms with Gasteiger partial charge in [0.15, 0.2) is 0 Å². The van der Waals surface area contributed by atoms with Crippen molar-refractivity contribution in [1.29, 1.82) is 0 Å². The predicted octanol–water partition coefficient (Wildman–Crippen LogP) is 3.52. The maximum Gasteiger partial charge on any atom is 0.337 e. The number of ether oxygens (including phenoxy) is 3. The van der Waals surface area contributed by atoms with Gasteiger partial charge in [0, 0.05) is 55.4 Å². The molecule has 0 radical (unpaired) electrons. The summed E-state index contributed by atoms with van der Waals surface area (Å²) in [7, 11) is 1.32. The zero-order chi connectivity index (χ0) is 28.0. The van der Waals surface area contributed by atoms with Crippen LogP contribution in [-0.4, -0.2) is 73.1 Å². The topological polar surface area (TPSA) is 116 Å². The number of carbonyl (C=O) groups excluding carboxylic acids is 2. The van der Waals surface area contributed by atoms with Crippen LogP contribution in [-0.2, 0) is 30.3 Å². The summed E-state index contributed by atoms with van der Waals surface area (Å²) in [4.78, 5) is 38.4. The fourth-order valence-electron chi connectivity index (χ4n) is 5.28. The molecule has 9 nitrogen and oxygen atoms in total. The molecule has 39 heavy (non-hydrogen) atoms. The standard InChI is InChI=1S/C29H35ClN4O5/c1-19-24(27(35)37-3)25(21-9-4-5-10-22(21)30)26(23(33-19)17-38-15-12-31)28(36)39-29(2)11-14-34(18-29)16-20-8-6-7-13-32-20/h4-10,13,24-25H,11-12,14-18,31H2,1-3H3. The van der Waals surface area contributed by atoms with Crippen LogP contribution in [0, 0.1) is 5.92 Å². The maximum atomic E-state index is 14.1. The highest BCUT2D eigenvalue weighted by atomic mass is 35.5. The fraction of sp³-hybridized carbons (Fsp3) is 0.448. The molecule has 10 heteroatoms. The Hall–Kier alpha value is -3.11. The summed E-state index contributed by atoms with van der Waals surface area (Å²) in [6.07, 6.45) is 2.42. The van der Waals surface area contributed by atoms with E-state index in [9.17, 15) is 9.59 Å². The van der Waals surface area contributed by atoms with Crippen LogP contribution in [0.5, 0.6) is 0 Å². The van der Waals surface area contributed by atoms with Gasteiger partial charge in [-0.15, -0.1) is 0 Å². The van der Waals surface area contributed by atoms with Crippen LogP contribution in [0.25, 0.3) is 0 Å². The molecule has 3 atom stereocenters. The first kappa shape index (κ1) is 28.9. The third kappa shape index (κ3) is 6.73. The van der Waals surface area contributed by atoms with Gasteiger partial charge in [0.2, 0.25) is 0 Å². The average molecular weight is 555 g/mol. The quantitative estimate of drug-likeness (QED) is 0.350. The number of halogens is 1. The number of carbonyl (C=O) groups is 2. The van der Waals surface area contributed by atoms with Crippen molar-refractivity contribution in [2.24, 2.45) is 16.6 Å². The van der Waals surface area contributed by atoms with Crippen molar-refractivity contribution in [2.75, 3.05) is 40.0 Å². The largest absolute Gasteiger partial charge is 0.468 e. The highest BCUT2D eigenvalue weighted by Crippen LogP contribution is 2.43. The molecule has 2 N–H and O–H groups in total. The normalized spacial score (nSPS) is 23.5. The smallest absolute Gasteiger partial charge is 0.337 e. The Morgan fingerprint density at radius 1 is 1.21 bits per heavy atom. The monoisotopic (exact) mass is 554 g/mol. The van der Waals surface area contributed by atoms with Gasteiger partial charge in [-0.1, -0.05) is 35.9 Å². The summed E-state index contributed by atoms with van der Waals surface area (Å²) in [6, 6.07) is 13.0. The van der Waals surface area contributed by atoms with Crippen LogP contribution in [0.15, 0.2) is 64.9 Å². The van der Waals surface area contributed by atoms with Gasteiger partial charge < -0.3 is 19.9 Å². The summed E-state index contributed by atoms with van der Waals surface area (Å²) in [5.74, 6) is -2.68. The second kappa shape index (κ2) is 12.8. The maximum absolute atomic E-state index is 14.1. The van der Waals surface area contributed by atoms with E-state index in [1.54, 1.807) is 31.3 Å². The van der Waals surface area contributed by atoms with Crippen molar-refractivity contribution >= 4 is 29.3 Å². The third-order valence-corrected chi connectivity index (χ3v) is 7.44. The van der Waals surface area contributed by atoms with Crippen molar-refractivity contribution in [1.82, 2.24) is 9.88 Å². The number of hydrogen-bond donors (Lipinski definition) is 1. The van der Waals surface area contributed by atoms with E-state index in [1.807, 2.05) is 31.2 Å². The molecule has 3 heterocycles. The Bertz CT molecular complexity index is 1250. The first-order chi connectivity index (χ1) is 18.8. The van der Waals surface area contributed by atoms with Gasteiger partial charge in [0.05, 0.1) is 37.3 Å². The molecular weight excluding hydrogens is 520 g/mol. The molecule has 1 saturated heterocycles. The van der Waals surface area contributed by atoms with E-state index in [4.69, 9.17) is 31.5 Å². The van der Waals surface area contributed by atoms with E-state index in [-0.39, 0.29) is 18.8 Å². The van der Waals surface area contributed by atoms with Gasteiger partial charge in [-0.25, -0.2) is 4.79 Å². The minimum Gasteiger partial charge on any atom is -0.468 e. The van der Waals surface area contributed by atoms with Gasteiger partial charge >= 0.3 is 11.9 Å². The Balaban J connectivity index is 1.69. The lowest BCUT2D eigenvalue weighted by atomic mass is 9.75. The molecule has 0 saturated carbocycles. The number of rotatable bonds is 10. The Labute approximate surface area is 234 Å². The lowest BCUT2D eigenvalue weighted by molar-refractivity contribution is -0.152. The van der Waals surface area contributed by atoms with E-state index in [0.717, 1.165) is 12.2 Å². The Morgan fingerprint density at radius 3 is 2.67 bits per heavy atom. The highest BCUT2D eigenvalue weighted by molar-refractivity contribution is 6.31. The molecule has 1 aromatic heterocycles. The minimum absolute atomic E-state index is 0.0380. The number of benzene rings is 1. The molecule has 208 valence electrons. The predicted molar refractivity (Wildman–Crippen MR) is 148 cm³/mol. The second-order valence-electron chi connectivity index (χ2n) is 10.1. The number of hydrogen-bond acceptors (Lipinski definition) is 9. The molecule has 3 unspecified atom stereocenters. The van der Waals surface area contributed by atoms with Gasteiger partial charge in [-0.2, -0.15) is 0 Å². The highest BCUT2D eigenvalue weighted by Gasteiger charge is 2.46. The van der Waals surface area contributed by atoms with Gasteiger partial charge in [0.1, 0.15) is 11.5 Å². The summed E-state index contributed by atoms with van der Waals surface area (Å²) in [6.45, 7) is 6.26. The molecule has 2 aromatic rings. The Morgan fingerprint density at radius 2 is 1.97 bits per heavy atom. The van der Waals surface area contributed by atoms with Crippen LogP contribution in [0.3, 0.4) is 0 Å². The van der Waals surface area contributed by atoms with Crippen LogP contribution < -0.4 is 5.73 Å². The number of likely N-dealkylation sites (tertiary alicyclic amines) is 1. The number of esters is 2. The number of aromatic nitrogens is 1. The lowest BCUT2D eigenvalue weighted by Crippen LogP contribution is -2.40. The van der Waals surface area contributed by atoms with Crippen LogP contribution >= 0.6 is 11.6 Å². The summed E-state index contributed by atoms with van der Waals surface area (Å²) in [5, 5.41) is 0.423. The molecule has 0 amide bonds. The molecule has 2 aliphatic rings. The van der Waals surface area contributed by atoms with Crippen LogP contribution in [0.4, 0.5) is 0 Å². The molecule has 0 aliphatic carbocycles. The fourth-order valence-corrected chi connectivity index (χ4v) is 5.53. The van der Waals surface area contributed by atoms with E-state index in [2.05, 4.69) is 14.9 Å². The third-order valence-electron chi connectivity index (χ3n) is 7.10. The van der Waals surface area contributed by atoms with Crippen molar-refractivity contribution in [3.63, 3.8) is 0 Å². The van der Waals surface area contributed by atoms with Gasteiger partial charge in [-0.05, 0) is 37.6 Å². The van der Waals surface area contributed by atoms with Crippen molar-refractivity contribution in [2.45, 2.75) is 38.3 Å². The summed E-state index contributed by atoms with van der Waals surface area (Å²) in [5.41, 5.74) is 7.57. The van der Waals surface area contributed by atoms with Crippen molar-refractivity contribution < 1.29 is 23.8 Å². The second-order valence-corrected chi connectivity index (χ2v) is 10.5. The van der Waals surface area contributed by atoms with E-state index < -0.39 is 29.4 Å².